The second-order valence-electron chi connectivity index (χ2n) is 4.47. The predicted octanol–water partition coefficient (Wildman–Crippen LogP) is 4.36. The zero-order valence-corrected chi connectivity index (χ0v) is 12.1. The van der Waals surface area contributed by atoms with Crippen LogP contribution in [0.4, 0.5) is 35.1 Å². The molecule has 0 aliphatic carbocycles. The molecule has 0 bridgehead atoms. The lowest BCUT2D eigenvalue weighted by molar-refractivity contribution is 0.414. The molecule has 0 aromatic heterocycles. The smallest absolute Gasteiger partial charge is 0.192 e. The first-order chi connectivity index (χ1) is 11.0. The lowest BCUT2D eigenvalue weighted by Gasteiger charge is -2.13. The Balaban J connectivity index is 3.04. The normalized spacial score (nSPS) is 12.6. The first-order valence-corrected chi connectivity index (χ1v) is 6.92. The molecule has 2 aromatic rings. The fraction of sp³-hybridized carbons (Fsp3) is 0.0769. The summed E-state index contributed by atoms with van der Waals surface area (Å²) in [6.07, 6.45) is 0. The first kappa shape index (κ1) is 18.3. The minimum absolute atomic E-state index is 0.618. The van der Waals surface area contributed by atoms with E-state index in [9.17, 15) is 39.3 Å². The van der Waals surface area contributed by atoms with Crippen LogP contribution in [-0.4, -0.2) is 8.76 Å². The van der Waals surface area contributed by atoms with Crippen LogP contribution < -0.4 is 0 Å². The van der Waals surface area contributed by atoms with E-state index >= 15 is 0 Å². The van der Waals surface area contributed by atoms with E-state index in [2.05, 4.69) is 0 Å². The largest absolute Gasteiger partial charge is 0.302 e. The molecule has 0 saturated heterocycles. The van der Waals surface area contributed by atoms with Gasteiger partial charge in [-0.05, 0) is 6.92 Å². The molecular weight excluding hydrogens is 372 g/mol. The molecule has 0 amide bonds. The van der Waals surface area contributed by atoms with Crippen molar-refractivity contribution in [3.05, 3.63) is 52.1 Å². The standard InChI is InChI=1S/C13H4F8O2S/c1-2-5(14)7(16)3(8(17)6(2)15)4-9(18)11(20)13(24(22)23)12(21)10(4)19/h1H3,(H,22,23). The van der Waals surface area contributed by atoms with Crippen molar-refractivity contribution in [3.63, 3.8) is 0 Å². The van der Waals surface area contributed by atoms with Gasteiger partial charge in [-0.15, -0.1) is 0 Å². The van der Waals surface area contributed by atoms with Crippen molar-refractivity contribution in [2.45, 2.75) is 11.8 Å². The van der Waals surface area contributed by atoms with Gasteiger partial charge in [0.1, 0.15) is 4.90 Å². The van der Waals surface area contributed by atoms with Crippen LogP contribution in [0.25, 0.3) is 11.1 Å². The zero-order valence-electron chi connectivity index (χ0n) is 11.3. The van der Waals surface area contributed by atoms with Gasteiger partial charge < -0.3 is 4.55 Å². The molecule has 1 N–H and O–H groups in total. The number of hydrogen-bond acceptors (Lipinski definition) is 1. The summed E-state index contributed by atoms with van der Waals surface area (Å²) in [5, 5.41) is 0. The van der Waals surface area contributed by atoms with Gasteiger partial charge in [0.2, 0.25) is 0 Å². The van der Waals surface area contributed by atoms with E-state index in [-0.39, 0.29) is 0 Å². The van der Waals surface area contributed by atoms with Crippen molar-refractivity contribution in [3.8, 4) is 11.1 Å². The monoisotopic (exact) mass is 376 g/mol. The van der Waals surface area contributed by atoms with E-state index in [1.54, 1.807) is 0 Å². The summed E-state index contributed by atoms with van der Waals surface area (Å²) >= 11 is -3.53. The van der Waals surface area contributed by atoms with Crippen molar-refractivity contribution in [2.24, 2.45) is 0 Å². The molecule has 1 atom stereocenters. The van der Waals surface area contributed by atoms with Crippen LogP contribution in [-0.2, 0) is 11.1 Å². The molecule has 0 radical (unpaired) electrons. The van der Waals surface area contributed by atoms with Gasteiger partial charge in [0.05, 0.1) is 11.1 Å². The summed E-state index contributed by atoms with van der Waals surface area (Å²) in [6, 6.07) is 0. The summed E-state index contributed by atoms with van der Waals surface area (Å²) in [5.74, 6) is -18.5. The topological polar surface area (TPSA) is 37.3 Å². The molecule has 1 unspecified atom stereocenters. The lowest BCUT2D eigenvalue weighted by atomic mass is 9.99. The van der Waals surface area contributed by atoms with Gasteiger partial charge >= 0.3 is 0 Å². The lowest BCUT2D eigenvalue weighted by Crippen LogP contribution is -2.11. The average Bonchev–Trinajstić information content (AvgIpc) is 2.52. The SMILES string of the molecule is Cc1c(F)c(F)c(-c2c(F)c(F)c(S(=O)O)c(F)c2F)c(F)c1F. The summed E-state index contributed by atoms with van der Waals surface area (Å²) in [5.41, 5.74) is -5.28. The molecule has 0 saturated carbocycles. The molecule has 0 spiro atoms. The van der Waals surface area contributed by atoms with Gasteiger partial charge in [-0.25, -0.2) is 39.3 Å². The highest BCUT2D eigenvalue weighted by molar-refractivity contribution is 7.79. The molecular formula is C13H4F8O2S. The van der Waals surface area contributed by atoms with Crippen LogP contribution in [0.15, 0.2) is 4.90 Å². The van der Waals surface area contributed by atoms with Crippen LogP contribution in [0.5, 0.6) is 0 Å². The van der Waals surface area contributed by atoms with Gasteiger partial charge in [0.25, 0.3) is 0 Å². The van der Waals surface area contributed by atoms with E-state index in [0.717, 1.165) is 0 Å². The zero-order chi connectivity index (χ0) is 18.5. The summed E-state index contributed by atoms with van der Waals surface area (Å²) < 4.78 is 129. The number of hydrogen-bond donors (Lipinski definition) is 1. The van der Waals surface area contributed by atoms with Crippen LogP contribution in [0.1, 0.15) is 5.56 Å². The molecule has 0 heterocycles. The Labute approximate surface area is 131 Å². The van der Waals surface area contributed by atoms with Crippen molar-refractivity contribution < 1.29 is 43.9 Å². The third-order valence-corrected chi connectivity index (χ3v) is 3.84. The molecule has 0 fully saturated rings. The molecule has 2 aromatic carbocycles. The Morgan fingerprint density at radius 2 is 0.917 bits per heavy atom. The molecule has 0 aliphatic rings. The third-order valence-electron chi connectivity index (χ3n) is 3.13. The maximum Gasteiger partial charge on any atom is 0.192 e. The maximum atomic E-state index is 13.9. The van der Waals surface area contributed by atoms with Crippen molar-refractivity contribution in [1.82, 2.24) is 0 Å². The van der Waals surface area contributed by atoms with E-state index in [4.69, 9.17) is 4.55 Å². The highest BCUT2D eigenvalue weighted by atomic mass is 32.2. The Hall–Kier alpha value is -2.01. The second kappa shape index (κ2) is 6.13. The Bertz CT molecular complexity index is 839. The molecule has 11 heteroatoms. The van der Waals surface area contributed by atoms with Gasteiger partial charge in [-0.3, -0.25) is 0 Å². The van der Waals surface area contributed by atoms with E-state index < -0.39 is 79.2 Å². The van der Waals surface area contributed by atoms with E-state index in [0.29, 0.717) is 6.92 Å². The van der Waals surface area contributed by atoms with Gasteiger partial charge in [0.15, 0.2) is 57.6 Å². The Morgan fingerprint density at radius 1 is 0.625 bits per heavy atom. The van der Waals surface area contributed by atoms with Gasteiger partial charge in [-0.1, -0.05) is 0 Å². The fourth-order valence-corrected chi connectivity index (χ4v) is 2.43. The van der Waals surface area contributed by atoms with Crippen LogP contribution in [0.3, 0.4) is 0 Å². The minimum atomic E-state index is -3.53. The first-order valence-electron chi connectivity index (χ1n) is 5.82. The highest BCUT2D eigenvalue weighted by Gasteiger charge is 2.34. The summed E-state index contributed by atoms with van der Waals surface area (Å²) in [7, 11) is 0. The number of rotatable bonds is 2. The number of benzene rings is 2. The van der Waals surface area contributed by atoms with Crippen LogP contribution in [0, 0.1) is 53.5 Å². The van der Waals surface area contributed by atoms with Gasteiger partial charge in [0, 0.05) is 5.56 Å². The maximum absolute atomic E-state index is 13.9. The average molecular weight is 376 g/mol. The van der Waals surface area contributed by atoms with E-state index in [1.807, 2.05) is 0 Å². The Morgan fingerprint density at radius 3 is 1.21 bits per heavy atom. The number of halogens is 8. The molecule has 2 nitrogen and oxygen atoms in total. The van der Waals surface area contributed by atoms with Crippen molar-refractivity contribution >= 4 is 11.1 Å². The minimum Gasteiger partial charge on any atom is -0.302 e. The summed E-state index contributed by atoms with van der Waals surface area (Å²) in [6.45, 7) is 0.618. The summed E-state index contributed by atoms with van der Waals surface area (Å²) in [4.78, 5) is -1.96. The van der Waals surface area contributed by atoms with Crippen LogP contribution in [0.2, 0.25) is 0 Å². The third kappa shape index (κ3) is 2.47. The molecule has 0 aliphatic heterocycles. The second-order valence-corrected chi connectivity index (χ2v) is 5.37. The van der Waals surface area contributed by atoms with Crippen molar-refractivity contribution in [2.75, 3.05) is 0 Å². The highest BCUT2D eigenvalue weighted by Crippen LogP contribution is 2.38. The van der Waals surface area contributed by atoms with E-state index in [1.165, 1.54) is 0 Å². The quantitative estimate of drug-likeness (QED) is 0.481. The van der Waals surface area contributed by atoms with Crippen molar-refractivity contribution in [1.29, 1.82) is 0 Å². The predicted molar refractivity (Wildman–Crippen MR) is 65.3 cm³/mol. The van der Waals surface area contributed by atoms with Gasteiger partial charge in [-0.2, -0.15) is 0 Å². The fourth-order valence-electron chi connectivity index (χ4n) is 1.95. The Kier molecular flexibility index (Phi) is 4.68. The molecule has 130 valence electrons. The molecule has 2 rings (SSSR count). The molecule has 24 heavy (non-hydrogen) atoms. The van der Waals surface area contributed by atoms with Crippen LogP contribution >= 0.6 is 0 Å².